The van der Waals surface area contributed by atoms with Gasteiger partial charge < -0.3 is 24.7 Å². The number of hydrogen-bond donors (Lipinski definition) is 2. The van der Waals surface area contributed by atoms with E-state index in [-0.39, 0.29) is 24.3 Å². The Bertz CT molecular complexity index is 1430. The van der Waals surface area contributed by atoms with E-state index in [1.165, 1.54) is 5.56 Å². The molecule has 0 spiro atoms. The largest absolute Gasteiger partial charge is 0.377 e. The first-order chi connectivity index (χ1) is 18.0. The molecule has 37 heavy (non-hydrogen) atoms. The molecule has 1 aliphatic rings. The first-order valence-corrected chi connectivity index (χ1v) is 12.3. The van der Waals surface area contributed by atoms with Crippen LogP contribution >= 0.6 is 0 Å². The van der Waals surface area contributed by atoms with Crippen molar-refractivity contribution in [2.75, 3.05) is 25.6 Å². The lowest BCUT2D eigenvalue weighted by molar-refractivity contribution is -0.115. The number of carbonyl (C=O) groups excluding carboxylic acids is 2. The van der Waals surface area contributed by atoms with Gasteiger partial charge in [0.1, 0.15) is 18.5 Å². The fourth-order valence-electron chi connectivity index (χ4n) is 4.82. The van der Waals surface area contributed by atoms with E-state index in [9.17, 15) is 9.59 Å². The first kappa shape index (κ1) is 24.7. The molecule has 1 aliphatic heterocycles. The van der Waals surface area contributed by atoms with Gasteiger partial charge in [-0.3, -0.25) is 9.59 Å². The standard InChI is InChI=1S/C29H30N4O4/c1-33-26(18-36-2)32-24-16-21(31-27(34)14-19-8-4-3-5-9-19)15-23(28(24)33)29(35)30-17-25-22-11-7-6-10-20(22)12-13-37-25/h3-11,15-16,25H,12-14,17-18H2,1-2H3,(H,30,35)(H,31,34). The second-order valence-corrected chi connectivity index (χ2v) is 9.14. The Morgan fingerprint density at radius 2 is 1.89 bits per heavy atom. The fourth-order valence-corrected chi connectivity index (χ4v) is 4.82. The van der Waals surface area contributed by atoms with E-state index in [2.05, 4.69) is 21.7 Å². The van der Waals surface area contributed by atoms with Gasteiger partial charge in [-0.05, 0) is 35.2 Å². The normalized spacial score (nSPS) is 14.8. The van der Waals surface area contributed by atoms with E-state index in [1.807, 2.05) is 60.1 Å². The summed E-state index contributed by atoms with van der Waals surface area (Å²) in [6.45, 7) is 1.26. The molecule has 0 radical (unpaired) electrons. The number of methoxy groups -OCH3 is 1. The lowest BCUT2D eigenvalue weighted by atomic mass is 9.97. The van der Waals surface area contributed by atoms with Gasteiger partial charge in [-0.2, -0.15) is 0 Å². The summed E-state index contributed by atoms with van der Waals surface area (Å²) in [4.78, 5) is 30.9. The third kappa shape index (κ3) is 5.40. The number of imidazole rings is 1. The van der Waals surface area contributed by atoms with Gasteiger partial charge in [0.15, 0.2) is 0 Å². The molecule has 2 N–H and O–H groups in total. The molecule has 8 nitrogen and oxygen atoms in total. The number of ether oxygens (including phenoxy) is 2. The van der Waals surface area contributed by atoms with Crippen molar-refractivity contribution in [3.63, 3.8) is 0 Å². The van der Waals surface area contributed by atoms with Crippen molar-refractivity contribution in [1.82, 2.24) is 14.9 Å². The van der Waals surface area contributed by atoms with Gasteiger partial charge in [-0.25, -0.2) is 4.98 Å². The van der Waals surface area contributed by atoms with E-state index >= 15 is 0 Å². The molecule has 2 amide bonds. The minimum atomic E-state index is -0.261. The Balaban J connectivity index is 1.41. The highest BCUT2D eigenvalue weighted by Crippen LogP contribution is 2.28. The summed E-state index contributed by atoms with van der Waals surface area (Å²) in [6.07, 6.45) is 0.882. The van der Waals surface area contributed by atoms with Crippen molar-refractivity contribution >= 4 is 28.5 Å². The number of benzene rings is 3. The number of aryl methyl sites for hydroxylation is 1. The number of anilines is 1. The lowest BCUT2D eigenvalue weighted by Gasteiger charge is -2.26. The van der Waals surface area contributed by atoms with Crippen LogP contribution in [0.4, 0.5) is 5.69 Å². The zero-order valence-electron chi connectivity index (χ0n) is 21.0. The summed E-state index contributed by atoms with van der Waals surface area (Å²) < 4.78 is 13.1. The molecule has 4 aromatic rings. The van der Waals surface area contributed by atoms with Gasteiger partial charge in [0.25, 0.3) is 5.91 Å². The molecule has 1 unspecified atom stereocenters. The Hall–Kier alpha value is -4.01. The van der Waals surface area contributed by atoms with E-state index in [0.717, 1.165) is 17.5 Å². The third-order valence-electron chi connectivity index (χ3n) is 6.61. The maximum atomic E-state index is 13.5. The predicted molar refractivity (Wildman–Crippen MR) is 141 cm³/mol. The molecule has 0 bridgehead atoms. The highest BCUT2D eigenvalue weighted by atomic mass is 16.5. The van der Waals surface area contributed by atoms with Gasteiger partial charge in [0, 0.05) is 26.4 Å². The Labute approximate surface area is 215 Å². The summed E-state index contributed by atoms with van der Waals surface area (Å²) in [7, 11) is 3.46. The SMILES string of the molecule is COCc1nc2cc(NC(=O)Cc3ccccc3)cc(C(=O)NCC3OCCc4ccccc43)c2n1C. The minimum Gasteiger partial charge on any atom is -0.377 e. The number of nitrogens with zero attached hydrogens (tertiary/aromatic N) is 2. The van der Waals surface area contributed by atoms with E-state index in [1.54, 1.807) is 19.2 Å². The number of amides is 2. The molecule has 190 valence electrons. The summed E-state index contributed by atoms with van der Waals surface area (Å²) in [5.41, 5.74) is 5.48. The van der Waals surface area contributed by atoms with Gasteiger partial charge in [-0.1, -0.05) is 54.6 Å². The summed E-state index contributed by atoms with van der Waals surface area (Å²) in [5.74, 6) is 0.254. The van der Waals surface area contributed by atoms with Gasteiger partial charge >= 0.3 is 0 Å². The zero-order valence-corrected chi connectivity index (χ0v) is 21.0. The van der Waals surface area contributed by atoms with Crippen LogP contribution in [0.5, 0.6) is 0 Å². The summed E-state index contributed by atoms with van der Waals surface area (Å²) in [6, 6.07) is 21.2. The van der Waals surface area contributed by atoms with Crippen LogP contribution in [0, 0.1) is 0 Å². The quantitative estimate of drug-likeness (QED) is 0.384. The highest BCUT2D eigenvalue weighted by Gasteiger charge is 2.23. The van der Waals surface area contributed by atoms with Crippen LogP contribution < -0.4 is 10.6 Å². The third-order valence-corrected chi connectivity index (χ3v) is 6.61. The number of rotatable bonds is 8. The van der Waals surface area contributed by atoms with Gasteiger partial charge in [0.2, 0.25) is 5.91 Å². The van der Waals surface area contributed by atoms with E-state index in [4.69, 9.17) is 9.47 Å². The first-order valence-electron chi connectivity index (χ1n) is 12.3. The maximum Gasteiger partial charge on any atom is 0.253 e. The van der Waals surface area contributed by atoms with Crippen molar-refractivity contribution in [3.8, 4) is 0 Å². The topological polar surface area (TPSA) is 94.5 Å². The van der Waals surface area contributed by atoms with Crippen LogP contribution in [0.2, 0.25) is 0 Å². The molecule has 3 aromatic carbocycles. The van der Waals surface area contributed by atoms with Crippen molar-refractivity contribution in [2.45, 2.75) is 25.6 Å². The van der Waals surface area contributed by atoms with Crippen LogP contribution in [-0.2, 0) is 40.8 Å². The van der Waals surface area contributed by atoms with Crippen molar-refractivity contribution < 1.29 is 19.1 Å². The Morgan fingerprint density at radius 1 is 1.11 bits per heavy atom. The molecule has 0 aliphatic carbocycles. The molecule has 0 fully saturated rings. The number of fused-ring (bicyclic) bond motifs is 2. The average Bonchev–Trinajstić information content (AvgIpc) is 3.22. The zero-order chi connectivity index (χ0) is 25.8. The van der Waals surface area contributed by atoms with Crippen molar-refractivity contribution in [1.29, 1.82) is 0 Å². The maximum absolute atomic E-state index is 13.5. The van der Waals surface area contributed by atoms with Crippen LogP contribution in [0.3, 0.4) is 0 Å². The highest BCUT2D eigenvalue weighted by molar-refractivity contribution is 6.07. The minimum absolute atomic E-state index is 0.169. The molecule has 0 saturated heterocycles. The number of carbonyl (C=O) groups is 2. The average molecular weight is 499 g/mol. The van der Waals surface area contributed by atoms with Crippen LogP contribution in [0.1, 0.15) is 39.0 Å². The predicted octanol–water partition coefficient (Wildman–Crippen LogP) is 3.94. The molecule has 1 atom stereocenters. The molecule has 1 aromatic heterocycles. The van der Waals surface area contributed by atoms with Crippen LogP contribution in [-0.4, -0.2) is 41.6 Å². The fraction of sp³-hybridized carbons (Fsp3) is 0.276. The Morgan fingerprint density at radius 3 is 2.70 bits per heavy atom. The second-order valence-electron chi connectivity index (χ2n) is 9.14. The molecular formula is C29H30N4O4. The van der Waals surface area contributed by atoms with Crippen LogP contribution in [0.25, 0.3) is 11.0 Å². The van der Waals surface area contributed by atoms with E-state index in [0.29, 0.717) is 47.9 Å². The molecule has 2 heterocycles. The Kier molecular flexibility index (Phi) is 7.30. The van der Waals surface area contributed by atoms with E-state index < -0.39 is 0 Å². The number of hydrogen-bond acceptors (Lipinski definition) is 5. The molecular weight excluding hydrogens is 468 g/mol. The molecule has 8 heteroatoms. The lowest BCUT2D eigenvalue weighted by Crippen LogP contribution is -2.32. The molecule has 0 saturated carbocycles. The number of nitrogens with one attached hydrogen (secondary N) is 2. The monoisotopic (exact) mass is 498 g/mol. The molecule has 5 rings (SSSR count). The second kappa shape index (κ2) is 10.9. The van der Waals surface area contributed by atoms with Crippen molar-refractivity contribution in [2.24, 2.45) is 7.05 Å². The van der Waals surface area contributed by atoms with Gasteiger partial charge in [0.05, 0.1) is 29.6 Å². The van der Waals surface area contributed by atoms with Crippen LogP contribution in [0.15, 0.2) is 66.7 Å². The number of aromatic nitrogens is 2. The van der Waals surface area contributed by atoms with Crippen molar-refractivity contribution in [3.05, 3.63) is 94.8 Å². The van der Waals surface area contributed by atoms with Gasteiger partial charge in [-0.15, -0.1) is 0 Å². The smallest absolute Gasteiger partial charge is 0.253 e. The summed E-state index contributed by atoms with van der Waals surface area (Å²) in [5, 5.41) is 5.97. The summed E-state index contributed by atoms with van der Waals surface area (Å²) >= 11 is 0.